The summed E-state index contributed by atoms with van der Waals surface area (Å²) in [5.74, 6) is 1.25. The minimum Gasteiger partial charge on any atom is -0.493 e. The summed E-state index contributed by atoms with van der Waals surface area (Å²) >= 11 is 0. The van der Waals surface area contributed by atoms with Crippen LogP contribution in [0.4, 0.5) is 0 Å². The molecule has 2 atom stereocenters. The number of rotatable bonds is 5. The standard InChI is InChI=1S/C15H22N2O4/c1-17(15(19)12-7-11(18)8-16-12)9-10-5-4-6-13(20-2)14(10)21-3/h4-6,11-12,16,18H,7-9H2,1-3H3. The maximum atomic E-state index is 12.3. The number of methoxy groups -OCH3 is 2. The zero-order valence-corrected chi connectivity index (χ0v) is 12.6. The summed E-state index contributed by atoms with van der Waals surface area (Å²) in [5, 5.41) is 12.5. The molecule has 6 heteroatoms. The van der Waals surface area contributed by atoms with E-state index in [1.807, 2.05) is 18.2 Å². The number of amides is 1. The molecule has 1 aliphatic rings. The predicted molar refractivity (Wildman–Crippen MR) is 78.4 cm³/mol. The number of hydrogen-bond acceptors (Lipinski definition) is 5. The van der Waals surface area contributed by atoms with Crippen LogP contribution in [0.25, 0.3) is 0 Å². The number of hydrogen-bond donors (Lipinski definition) is 2. The van der Waals surface area contributed by atoms with Gasteiger partial charge in [0.15, 0.2) is 11.5 Å². The van der Waals surface area contributed by atoms with Crippen LogP contribution < -0.4 is 14.8 Å². The van der Waals surface area contributed by atoms with Crippen LogP contribution in [0.1, 0.15) is 12.0 Å². The number of ether oxygens (including phenoxy) is 2. The van der Waals surface area contributed by atoms with Crippen LogP contribution in [-0.4, -0.2) is 55.9 Å². The quantitative estimate of drug-likeness (QED) is 0.822. The number of nitrogens with zero attached hydrogens (tertiary/aromatic N) is 1. The molecular formula is C15H22N2O4. The van der Waals surface area contributed by atoms with Crippen molar-refractivity contribution in [3.63, 3.8) is 0 Å². The van der Waals surface area contributed by atoms with Gasteiger partial charge in [0, 0.05) is 25.7 Å². The Balaban J connectivity index is 2.09. The third-order valence-corrected chi connectivity index (χ3v) is 3.67. The van der Waals surface area contributed by atoms with E-state index in [-0.39, 0.29) is 11.9 Å². The van der Waals surface area contributed by atoms with Crippen molar-refractivity contribution in [3.05, 3.63) is 23.8 Å². The summed E-state index contributed by atoms with van der Waals surface area (Å²) in [6.07, 6.45) is 0.0111. The molecule has 2 unspecified atom stereocenters. The van der Waals surface area contributed by atoms with Crippen molar-refractivity contribution in [2.24, 2.45) is 0 Å². The largest absolute Gasteiger partial charge is 0.493 e. The first-order valence-corrected chi connectivity index (χ1v) is 6.93. The van der Waals surface area contributed by atoms with Crippen molar-refractivity contribution in [3.8, 4) is 11.5 Å². The highest BCUT2D eigenvalue weighted by Gasteiger charge is 2.30. The molecule has 0 spiro atoms. The lowest BCUT2D eigenvalue weighted by atomic mass is 10.1. The van der Waals surface area contributed by atoms with E-state index in [1.165, 1.54) is 0 Å². The van der Waals surface area contributed by atoms with Gasteiger partial charge in [-0.25, -0.2) is 0 Å². The van der Waals surface area contributed by atoms with Crippen LogP contribution in [0.3, 0.4) is 0 Å². The van der Waals surface area contributed by atoms with Gasteiger partial charge < -0.3 is 24.8 Å². The van der Waals surface area contributed by atoms with Gasteiger partial charge in [-0.15, -0.1) is 0 Å². The molecule has 6 nitrogen and oxygen atoms in total. The van der Waals surface area contributed by atoms with Crippen molar-refractivity contribution < 1.29 is 19.4 Å². The Morgan fingerprint density at radius 2 is 2.19 bits per heavy atom. The van der Waals surface area contributed by atoms with Crippen LogP contribution in [0.15, 0.2) is 18.2 Å². The van der Waals surface area contributed by atoms with E-state index in [0.717, 1.165) is 5.56 Å². The second-order valence-electron chi connectivity index (χ2n) is 5.20. The Hall–Kier alpha value is -1.79. The van der Waals surface area contributed by atoms with Crippen LogP contribution in [0, 0.1) is 0 Å². The number of aliphatic hydroxyl groups is 1. The van der Waals surface area contributed by atoms with E-state index in [1.54, 1.807) is 26.2 Å². The van der Waals surface area contributed by atoms with E-state index in [9.17, 15) is 9.90 Å². The molecule has 1 fully saturated rings. The van der Waals surface area contributed by atoms with Crippen molar-refractivity contribution in [2.45, 2.75) is 25.1 Å². The second-order valence-corrected chi connectivity index (χ2v) is 5.20. The number of aliphatic hydroxyl groups excluding tert-OH is 1. The van der Waals surface area contributed by atoms with Gasteiger partial charge in [0.2, 0.25) is 5.91 Å². The molecular weight excluding hydrogens is 272 g/mol. The molecule has 21 heavy (non-hydrogen) atoms. The van der Waals surface area contributed by atoms with E-state index in [2.05, 4.69) is 5.32 Å². The van der Waals surface area contributed by atoms with E-state index < -0.39 is 6.10 Å². The van der Waals surface area contributed by atoms with Crippen LogP contribution in [0.2, 0.25) is 0 Å². The highest BCUT2D eigenvalue weighted by molar-refractivity contribution is 5.82. The normalized spacial score (nSPS) is 21.1. The molecule has 0 saturated carbocycles. The average molecular weight is 294 g/mol. The van der Waals surface area contributed by atoms with Gasteiger partial charge in [0.25, 0.3) is 0 Å². The highest BCUT2D eigenvalue weighted by Crippen LogP contribution is 2.31. The zero-order valence-electron chi connectivity index (χ0n) is 12.6. The number of carbonyl (C=O) groups excluding carboxylic acids is 1. The van der Waals surface area contributed by atoms with Crippen LogP contribution in [0.5, 0.6) is 11.5 Å². The van der Waals surface area contributed by atoms with Gasteiger partial charge in [0.1, 0.15) is 0 Å². The number of likely N-dealkylation sites (N-methyl/N-ethyl adjacent to an activating group) is 1. The average Bonchev–Trinajstić information content (AvgIpc) is 2.92. The number of nitrogens with one attached hydrogen (secondary N) is 1. The molecule has 1 aliphatic heterocycles. The fourth-order valence-electron chi connectivity index (χ4n) is 2.58. The molecule has 0 radical (unpaired) electrons. The van der Waals surface area contributed by atoms with Crippen molar-refractivity contribution in [2.75, 3.05) is 27.8 Å². The molecule has 2 N–H and O–H groups in total. The SMILES string of the molecule is COc1cccc(CN(C)C(=O)C2CC(O)CN2)c1OC. The van der Waals surface area contributed by atoms with Gasteiger partial charge >= 0.3 is 0 Å². The summed E-state index contributed by atoms with van der Waals surface area (Å²) in [6.45, 7) is 0.889. The topological polar surface area (TPSA) is 71.0 Å². The molecule has 0 bridgehead atoms. The minimum absolute atomic E-state index is 0.0311. The van der Waals surface area contributed by atoms with E-state index in [4.69, 9.17) is 9.47 Å². The third kappa shape index (κ3) is 3.46. The van der Waals surface area contributed by atoms with Gasteiger partial charge in [-0.05, 0) is 12.5 Å². The summed E-state index contributed by atoms with van der Waals surface area (Å²) in [7, 11) is 4.91. The smallest absolute Gasteiger partial charge is 0.239 e. The molecule has 1 heterocycles. The maximum Gasteiger partial charge on any atom is 0.239 e. The predicted octanol–water partition coefficient (Wildman–Crippen LogP) is 0.385. The monoisotopic (exact) mass is 294 g/mol. The van der Waals surface area contributed by atoms with Crippen molar-refractivity contribution in [1.82, 2.24) is 10.2 Å². The Bertz CT molecular complexity index is 506. The van der Waals surface area contributed by atoms with E-state index in [0.29, 0.717) is 31.0 Å². The fourth-order valence-corrected chi connectivity index (χ4v) is 2.58. The molecule has 1 amide bonds. The van der Waals surface area contributed by atoms with Crippen molar-refractivity contribution >= 4 is 5.91 Å². The molecule has 1 saturated heterocycles. The summed E-state index contributed by atoms with van der Waals surface area (Å²) in [5.41, 5.74) is 0.881. The minimum atomic E-state index is -0.446. The first-order chi connectivity index (χ1) is 10.1. The van der Waals surface area contributed by atoms with Gasteiger partial charge in [-0.1, -0.05) is 12.1 Å². The number of β-amino-alcohol motifs (C(OH)–C–C–N with tert-alkyl or cyclic N) is 1. The zero-order chi connectivity index (χ0) is 15.4. The lowest BCUT2D eigenvalue weighted by molar-refractivity contribution is -0.132. The number of benzene rings is 1. The molecule has 2 rings (SSSR count). The lowest BCUT2D eigenvalue weighted by Crippen LogP contribution is -2.41. The molecule has 1 aromatic rings. The second kappa shape index (κ2) is 6.78. The van der Waals surface area contributed by atoms with Crippen molar-refractivity contribution in [1.29, 1.82) is 0 Å². The fraction of sp³-hybridized carbons (Fsp3) is 0.533. The van der Waals surface area contributed by atoms with Gasteiger partial charge in [-0.3, -0.25) is 4.79 Å². The Morgan fingerprint density at radius 1 is 1.43 bits per heavy atom. The highest BCUT2D eigenvalue weighted by atomic mass is 16.5. The Morgan fingerprint density at radius 3 is 2.76 bits per heavy atom. The molecule has 1 aromatic carbocycles. The first-order valence-electron chi connectivity index (χ1n) is 6.93. The van der Waals surface area contributed by atoms with E-state index >= 15 is 0 Å². The molecule has 0 aliphatic carbocycles. The lowest BCUT2D eigenvalue weighted by Gasteiger charge is -2.22. The summed E-state index contributed by atoms with van der Waals surface area (Å²) in [4.78, 5) is 14.0. The molecule has 0 aromatic heterocycles. The number of carbonyl (C=O) groups is 1. The molecule has 116 valence electrons. The van der Waals surface area contributed by atoms with Crippen LogP contribution >= 0.6 is 0 Å². The van der Waals surface area contributed by atoms with Gasteiger partial charge in [0.05, 0.1) is 26.4 Å². The first kappa shape index (κ1) is 15.6. The maximum absolute atomic E-state index is 12.3. The Labute approximate surface area is 124 Å². The Kier molecular flexibility index (Phi) is 5.03. The number of para-hydroxylation sites is 1. The van der Waals surface area contributed by atoms with Crippen LogP contribution in [-0.2, 0) is 11.3 Å². The van der Waals surface area contributed by atoms with Gasteiger partial charge in [-0.2, -0.15) is 0 Å². The summed E-state index contributed by atoms with van der Waals surface area (Å²) < 4.78 is 10.6. The third-order valence-electron chi connectivity index (χ3n) is 3.67. The summed E-state index contributed by atoms with van der Waals surface area (Å²) in [6, 6.07) is 5.27.